The van der Waals surface area contributed by atoms with Crippen molar-refractivity contribution in [2.45, 2.75) is 61.3 Å². The third kappa shape index (κ3) is 11.9. The molecule has 0 spiro atoms. The number of anilines is 1. The Balaban J connectivity index is 0. The number of carbonyl (C=O) groups excluding carboxylic acids is 1. The third-order valence-corrected chi connectivity index (χ3v) is 2.47. The van der Waals surface area contributed by atoms with Gasteiger partial charge >= 0.3 is 6.03 Å². The summed E-state index contributed by atoms with van der Waals surface area (Å²) in [6.45, 7) is 18.8. The van der Waals surface area contributed by atoms with Gasteiger partial charge in [-0.05, 0) is 25.5 Å². The molecule has 1 aromatic rings. The quantitative estimate of drug-likeness (QED) is 0.656. The van der Waals surface area contributed by atoms with E-state index in [-0.39, 0.29) is 12.8 Å². The molecule has 2 rings (SSSR count). The Kier molecular flexibility index (Phi) is 16.7. The van der Waals surface area contributed by atoms with Crippen LogP contribution in [0, 0.1) is 0 Å². The van der Waals surface area contributed by atoms with Gasteiger partial charge in [0.25, 0.3) is 0 Å². The summed E-state index contributed by atoms with van der Waals surface area (Å²) in [5.74, 6) is 1.35. The molecule has 144 valence electrons. The number of nitrogens with one attached hydrogen (secondary N) is 2. The summed E-state index contributed by atoms with van der Waals surface area (Å²) >= 11 is 0. The molecule has 25 heavy (non-hydrogen) atoms. The number of hydrogen-bond acceptors (Lipinski definition) is 3. The first-order valence-electron chi connectivity index (χ1n) is 9.15. The number of benzene rings is 1. The summed E-state index contributed by atoms with van der Waals surface area (Å²) in [5, 5.41) is 5.48. The maximum atomic E-state index is 11.6. The molecule has 0 saturated heterocycles. The molecule has 5 heteroatoms. The Morgan fingerprint density at radius 2 is 1.68 bits per heavy atom. The number of carbonyl (C=O) groups is 1. The zero-order valence-corrected chi connectivity index (χ0v) is 17.0. The van der Waals surface area contributed by atoms with Gasteiger partial charge < -0.3 is 20.1 Å². The first kappa shape index (κ1) is 25.1. The molecule has 0 atom stereocenters. The van der Waals surface area contributed by atoms with E-state index in [2.05, 4.69) is 31.1 Å². The van der Waals surface area contributed by atoms with Crippen molar-refractivity contribution in [2.75, 3.05) is 18.7 Å². The second kappa shape index (κ2) is 16.7. The van der Waals surface area contributed by atoms with E-state index in [9.17, 15) is 4.79 Å². The van der Waals surface area contributed by atoms with Gasteiger partial charge in [0.1, 0.15) is 0 Å². The molecule has 1 heterocycles. The van der Waals surface area contributed by atoms with Gasteiger partial charge in [-0.2, -0.15) is 0 Å². The van der Waals surface area contributed by atoms with Crippen LogP contribution < -0.4 is 20.1 Å². The maximum absolute atomic E-state index is 11.6. The number of urea groups is 1. The Morgan fingerprint density at radius 3 is 2.24 bits per heavy atom. The molecule has 0 unspecified atom stereocenters. The van der Waals surface area contributed by atoms with E-state index in [0.29, 0.717) is 23.7 Å². The van der Waals surface area contributed by atoms with Crippen molar-refractivity contribution in [3.05, 3.63) is 30.4 Å². The fourth-order valence-electron chi connectivity index (χ4n) is 1.54. The number of hydrogen-bond donors (Lipinski definition) is 2. The van der Waals surface area contributed by atoms with Gasteiger partial charge in [-0.25, -0.2) is 4.79 Å². The van der Waals surface area contributed by atoms with Crippen molar-refractivity contribution in [1.82, 2.24) is 5.32 Å². The minimum atomic E-state index is -0.241. The lowest BCUT2D eigenvalue weighted by Gasteiger charge is -2.08. The molecular formula is C20H36N2O3. The summed E-state index contributed by atoms with van der Waals surface area (Å²) in [6, 6.07) is 5.04. The minimum absolute atomic E-state index is 0.226. The number of ether oxygens (including phenoxy) is 2. The molecule has 1 aliphatic heterocycles. The highest BCUT2D eigenvalue weighted by atomic mass is 16.7. The van der Waals surface area contributed by atoms with Crippen molar-refractivity contribution in [2.24, 2.45) is 0 Å². The van der Waals surface area contributed by atoms with Gasteiger partial charge in [0.2, 0.25) is 6.79 Å². The fourth-order valence-corrected chi connectivity index (χ4v) is 1.54. The summed E-state index contributed by atoms with van der Waals surface area (Å²) < 4.78 is 10.4. The highest BCUT2D eigenvalue weighted by Crippen LogP contribution is 2.34. The Morgan fingerprint density at radius 1 is 1.12 bits per heavy atom. The Labute approximate surface area is 153 Å². The largest absolute Gasteiger partial charge is 0.454 e. The monoisotopic (exact) mass is 352 g/mol. The predicted octanol–water partition coefficient (Wildman–Crippen LogP) is 5.97. The smallest absolute Gasteiger partial charge is 0.319 e. The molecule has 2 amide bonds. The second-order valence-corrected chi connectivity index (χ2v) is 4.86. The van der Waals surface area contributed by atoms with Crippen LogP contribution >= 0.6 is 0 Å². The van der Waals surface area contributed by atoms with Crippen LogP contribution in [0.3, 0.4) is 0 Å². The molecule has 1 aromatic carbocycles. The zero-order chi connectivity index (χ0) is 19.7. The van der Waals surface area contributed by atoms with Crippen molar-refractivity contribution >= 4 is 11.7 Å². The van der Waals surface area contributed by atoms with Gasteiger partial charge in [-0.15, -0.1) is 6.58 Å². The maximum Gasteiger partial charge on any atom is 0.319 e. The molecule has 2 N–H and O–H groups in total. The highest BCUT2D eigenvalue weighted by Gasteiger charge is 2.13. The average Bonchev–Trinajstić information content (AvgIpc) is 3.06. The summed E-state index contributed by atoms with van der Waals surface area (Å²) in [6.07, 6.45) is 2.02. The number of rotatable bonds is 4. The summed E-state index contributed by atoms with van der Waals surface area (Å²) in [7, 11) is 0. The van der Waals surface area contributed by atoms with E-state index in [4.69, 9.17) is 9.47 Å². The van der Waals surface area contributed by atoms with Crippen LogP contribution in [0.2, 0.25) is 0 Å². The van der Waals surface area contributed by atoms with Gasteiger partial charge in [0, 0.05) is 18.3 Å². The highest BCUT2D eigenvalue weighted by molar-refractivity contribution is 5.89. The van der Waals surface area contributed by atoms with Gasteiger partial charge in [0.15, 0.2) is 11.5 Å². The topological polar surface area (TPSA) is 59.6 Å². The lowest BCUT2D eigenvalue weighted by Crippen LogP contribution is -2.29. The lowest BCUT2D eigenvalue weighted by molar-refractivity contribution is 0.174. The van der Waals surface area contributed by atoms with E-state index in [0.717, 1.165) is 12.0 Å². The van der Waals surface area contributed by atoms with Gasteiger partial charge in [-0.3, -0.25) is 0 Å². The van der Waals surface area contributed by atoms with Crippen molar-refractivity contribution < 1.29 is 14.3 Å². The van der Waals surface area contributed by atoms with Gasteiger partial charge in [0.05, 0.1) is 0 Å². The predicted molar refractivity (Wildman–Crippen MR) is 108 cm³/mol. The second-order valence-electron chi connectivity index (χ2n) is 4.86. The Bertz CT molecular complexity index is 488. The first-order chi connectivity index (χ1) is 12.1. The molecule has 0 aliphatic carbocycles. The van der Waals surface area contributed by atoms with Crippen molar-refractivity contribution in [3.63, 3.8) is 0 Å². The zero-order valence-electron chi connectivity index (χ0n) is 17.0. The molecule has 0 aromatic heterocycles. The number of fused-ring (bicyclic) bond motifs is 1. The Hall–Kier alpha value is -2.17. The molecule has 5 nitrogen and oxygen atoms in total. The molecule has 0 bridgehead atoms. The summed E-state index contributed by atoms with van der Waals surface area (Å²) in [5.41, 5.74) is 1.71. The van der Waals surface area contributed by atoms with E-state index in [1.165, 1.54) is 6.42 Å². The standard InChI is InChI=1S/C13H16N2O3.C3H8.2C2H6/c1-9(2)5-6-14-13(16)15-10-3-4-11-12(7-10)18-8-17-11;1-3-2;2*1-2/h3-4,7H,1,5-6,8H2,2H3,(H2,14,15,16);3H2,1-2H3;2*1-2H3. The van der Waals surface area contributed by atoms with Crippen LogP contribution in [-0.4, -0.2) is 19.4 Å². The average molecular weight is 353 g/mol. The first-order valence-corrected chi connectivity index (χ1v) is 9.15. The van der Waals surface area contributed by atoms with Crippen molar-refractivity contribution in [3.8, 4) is 11.5 Å². The van der Waals surface area contributed by atoms with Gasteiger partial charge in [-0.1, -0.05) is 53.5 Å². The normalized spacial score (nSPS) is 9.88. The van der Waals surface area contributed by atoms with Crippen LogP contribution in [-0.2, 0) is 0 Å². The van der Waals surface area contributed by atoms with E-state index in [1.54, 1.807) is 18.2 Å². The molecular weight excluding hydrogens is 316 g/mol. The minimum Gasteiger partial charge on any atom is -0.454 e. The van der Waals surface area contributed by atoms with Crippen LogP contribution in [0.25, 0.3) is 0 Å². The summed E-state index contributed by atoms with van der Waals surface area (Å²) in [4.78, 5) is 11.6. The van der Waals surface area contributed by atoms with Crippen LogP contribution in [0.1, 0.15) is 61.3 Å². The molecule has 0 fully saturated rings. The van der Waals surface area contributed by atoms with E-state index < -0.39 is 0 Å². The van der Waals surface area contributed by atoms with Crippen LogP contribution in [0.15, 0.2) is 30.4 Å². The third-order valence-electron chi connectivity index (χ3n) is 2.47. The van der Waals surface area contributed by atoms with Crippen LogP contribution in [0.4, 0.5) is 10.5 Å². The van der Waals surface area contributed by atoms with E-state index in [1.807, 2.05) is 34.6 Å². The van der Waals surface area contributed by atoms with E-state index >= 15 is 0 Å². The SMILES string of the molecule is C=C(C)CCNC(=O)Nc1ccc2c(c1)OCO2.CC.CC.CCC. The number of amides is 2. The molecule has 0 radical (unpaired) electrons. The molecule has 0 saturated carbocycles. The fraction of sp³-hybridized carbons (Fsp3) is 0.550. The van der Waals surface area contributed by atoms with Crippen LogP contribution in [0.5, 0.6) is 11.5 Å². The molecule has 1 aliphatic rings. The van der Waals surface area contributed by atoms with Crippen molar-refractivity contribution in [1.29, 1.82) is 0 Å². The lowest BCUT2D eigenvalue weighted by atomic mass is 10.2.